The molecule has 24 heavy (non-hydrogen) atoms. The van der Waals surface area contributed by atoms with Crippen LogP contribution in [0.3, 0.4) is 0 Å². The van der Waals surface area contributed by atoms with Gasteiger partial charge in [-0.25, -0.2) is 0 Å². The summed E-state index contributed by atoms with van der Waals surface area (Å²) < 4.78 is 0. The second kappa shape index (κ2) is 11.0. The SMILES string of the molecule is CCNC(=O)C(C)(C)CNC(=NC)NCc1ccc(Cl)cc1Cl.I. The van der Waals surface area contributed by atoms with Gasteiger partial charge in [-0.2, -0.15) is 0 Å². The van der Waals surface area contributed by atoms with E-state index < -0.39 is 5.41 Å². The minimum atomic E-state index is -0.536. The summed E-state index contributed by atoms with van der Waals surface area (Å²) in [6, 6.07) is 5.36. The highest BCUT2D eigenvalue weighted by atomic mass is 127. The van der Waals surface area contributed by atoms with Gasteiger partial charge in [0.15, 0.2) is 5.96 Å². The fraction of sp³-hybridized carbons (Fsp3) is 0.500. The number of carbonyl (C=O) groups excluding carboxylic acids is 1. The molecule has 0 atom stereocenters. The molecule has 1 rings (SSSR count). The van der Waals surface area contributed by atoms with Crippen molar-refractivity contribution in [1.82, 2.24) is 16.0 Å². The lowest BCUT2D eigenvalue weighted by atomic mass is 9.92. The van der Waals surface area contributed by atoms with Crippen LogP contribution in [0.2, 0.25) is 10.0 Å². The lowest BCUT2D eigenvalue weighted by Crippen LogP contribution is -2.47. The minimum Gasteiger partial charge on any atom is -0.356 e. The smallest absolute Gasteiger partial charge is 0.227 e. The first-order valence-electron chi connectivity index (χ1n) is 7.47. The summed E-state index contributed by atoms with van der Waals surface area (Å²) in [6.07, 6.45) is 0. The number of nitrogens with zero attached hydrogens (tertiary/aromatic N) is 1. The number of aliphatic imine (C=N–C) groups is 1. The van der Waals surface area contributed by atoms with Gasteiger partial charge >= 0.3 is 0 Å². The van der Waals surface area contributed by atoms with Crippen molar-refractivity contribution in [3.63, 3.8) is 0 Å². The van der Waals surface area contributed by atoms with E-state index in [-0.39, 0.29) is 29.9 Å². The normalized spacial score (nSPS) is 11.5. The van der Waals surface area contributed by atoms with E-state index in [4.69, 9.17) is 23.2 Å². The van der Waals surface area contributed by atoms with Crippen molar-refractivity contribution in [1.29, 1.82) is 0 Å². The van der Waals surface area contributed by atoms with Crippen LogP contribution in [0.15, 0.2) is 23.2 Å². The predicted molar refractivity (Wildman–Crippen MR) is 113 cm³/mol. The maximum absolute atomic E-state index is 12.0. The number of carbonyl (C=O) groups is 1. The van der Waals surface area contributed by atoms with Crippen LogP contribution in [-0.4, -0.2) is 32.0 Å². The number of hydrogen-bond acceptors (Lipinski definition) is 2. The lowest BCUT2D eigenvalue weighted by Gasteiger charge is -2.25. The fourth-order valence-electron chi connectivity index (χ4n) is 1.85. The zero-order valence-corrected chi connectivity index (χ0v) is 18.2. The molecule has 0 aliphatic heterocycles. The first kappa shape index (κ1) is 23.3. The summed E-state index contributed by atoms with van der Waals surface area (Å²) in [5.74, 6) is 0.608. The molecule has 0 radical (unpaired) electrons. The molecule has 1 aromatic carbocycles. The number of amides is 1. The minimum absolute atomic E-state index is 0. The van der Waals surface area contributed by atoms with Crippen LogP contribution < -0.4 is 16.0 Å². The summed E-state index contributed by atoms with van der Waals surface area (Å²) in [6.45, 7) is 7.26. The van der Waals surface area contributed by atoms with Crippen molar-refractivity contribution in [2.24, 2.45) is 10.4 Å². The number of guanidine groups is 1. The summed E-state index contributed by atoms with van der Waals surface area (Å²) in [7, 11) is 1.68. The number of benzene rings is 1. The Morgan fingerprint density at radius 2 is 1.88 bits per heavy atom. The maximum Gasteiger partial charge on any atom is 0.227 e. The molecule has 0 fully saturated rings. The molecule has 0 heterocycles. The largest absolute Gasteiger partial charge is 0.356 e. The quantitative estimate of drug-likeness (QED) is 0.328. The summed E-state index contributed by atoms with van der Waals surface area (Å²) >= 11 is 12.0. The Bertz CT molecular complexity index is 579. The van der Waals surface area contributed by atoms with Crippen molar-refractivity contribution in [2.75, 3.05) is 20.1 Å². The molecule has 136 valence electrons. The monoisotopic (exact) mass is 486 g/mol. The highest BCUT2D eigenvalue weighted by Crippen LogP contribution is 2.20. The van der Waals surface area contributed by atoms with Gasteiger partial charge in [0, 0.05) is 36.7 Å². The highest BCUT2D eigenvalue weighted by Gasteiger charge is 2.27. The standard InChI is InChI=1S/C16H24Cl2N4O.HI/c1-5-20-14(23)16(2,3)10-22-15(19-4)21-9-11-6-7-12(17)8-13(11)18;/h6-8H,5,9-10H2,1-4H3,(H,20,23)(H2,19,21,22);1H. The molecule has 1 amide bonds. The van der Waals surface area contributed by atoms with Crippen molar-refractivity contribution >= 4 is 59.0 Å². The molecule has 0 saturated heterocycles. The average molecular weight is 487 g/mol. The van der Waals surface area contributed by atoms with Crippen molar-refractivity contribution < 1.29 is 4.79 Å². The molecule has 0 spiro atoms. The van der Waals surface area contributed by atoms with Crippen LogP contribution in [0.4, 0.5) is 0 Å². The second-order valence-electron chi connectivity index (χ2n) is 5.76. The number of halogens is 3. The third-order valence-corrected chi connectivity index (χ3v) is 3.92. The lowest BCUT2D eigenvalue weighted by molar-refractivity contribution is -0.128. The van der Waals surface area contributed by atoms with Gasteiger partial charge in [0.1, 0.15) is 0 Å². The van der Waals surface area contributed by atoms with E-state index in [0.29, 0.717) is 35.6 Å². The molecule has 0 saturated carbocycles. The fourth-order valence-corrected chi connectivity index (χ4v) is 2.32. The zero-order valence-electron chi connectivity index (χ0n) is 14.4. The highest BCUT2D eigenvalue weighted by molar-refractivity contribution is 14.0. The molecule has 0 bridgehead atoms. The Labute approximate surface area is 171 Å². The Balaban J connectivity index is 0.00000529. The molecule has 0 unspecified atom stereocenters. The molecule has 5 nitrogen and oxygen atoms in total. The Morgan fingerprint density at radius 3 is 2.42 bits per heavy atom. The Hall–Kier alpha value is -0.730. The number of rotatable bonds is 6. The van der Waals surface area contributed by atoms with Gasteiger partial charge in [-0.1, -0.05) is 29.3 Å². The Morgan fingerprint density at radius 1 is 1.21 bits per heavy atom. The molecule has 3 N–H and O–H groups in total. The molecule has 0 aliphatic carbocycles. The van der Waals surface area contributed by atoms with Gasteiger partial charge in [-0.3, -0.25) is 9.79 Å². The average Bonchev–Trinajstić information content (AvgIpc) is 2.49. The van der Waals surface area contributed by atoms with Crippen molar-refractivity contribution in [2.45, 2.75) is 27.3 Å². The third kappa shape index (κ3) is 7.44. The van der Waals surface area contributed by atoms with Crippen molar-refractivity contribution in [3.8, 4) is 0 Å². The molecule has 1 aromatic rings. The number of hydrogen-bond donors (Lipinski definition) is 3. The van der Waals surface area contributed by atoms with E-state index in [0.717, 1.165) is 5.56 Å². The van der Waals surface area contributed by atoms with E-state index in [2.05, 4.69) is 20.9 Å². The van der Waals surface area contributed by atoms with E-state index in [1.807, 2.05) is 26.8 Å². The van der Waals surface area contributed by atoms with E-state index in [1.54, 1.807) is 19.2 Å². The van der Waals surface area contributed by atoms with Gasteiger partial charge in [-0.05, 0) is 38.5 Å². The van der Waals surface area contributed by atoms with E-state index in [1.165, 1.54) is 0 Å². The number of nitrogens with one attached hydrogen (secondary N) is 3. The topological polar surface area (TPSA) is 65.5 Å². The van der Waals surface area contributed by atoms with E-state index in [9.17, 15) is 4.79 Å². The molecular weight excluding hydrogens is 462 g/mol. The first-order valence-corrected chi connectivity index (χ1v) is 8.22. The van der Waals surface area contributed by atoms with Gasteiger partial charge in [0.05, 0.1) is 5.41 Å². The van der Waals surface area contributed by atoms with Gasteiger partial charge in [-0.15, -0.1) is 24.0 Å². The molecule has 0 aromatic heterocycles. The molecular formula is C16H25Cl2IN4O. The summed E-state index contributed by atoms with van der Waals surface area (Å²) in [4.78, 5) is 16.1. The molecule has 0 aliphatic rings. The predicted octanol–water partition coefficient (Wildman–Crippen LogP) is 3.44. The van der Waals surface area contributed by atoms with Crippen LogP contribution in [0.25, 0.3) is 0 Å². The zero-order chi connectivity index (χ0) is 17.5. The first-order chi connectivity index (χ1) is 10.8. The molecule has 8 heteroatoms. The maximum atomic E-state index is 12.0. The van der Waals surface area contributed by atoms with Gasteiger partial charge < -0.3 is 16.0 Å². The Kier molecular flexibility index (Phi) is 10.7. The third-order valence-electron chi connectivity index (χ3n) is 3.33. The van der Waals surface area contributed by atoms with Crippen molar-refractivity contribution in [3.05, 3.63) is 33.8 Å². The summed E-state index contributed by atoms with van der Waals surface area (Å²) in [5, 5.41) is 10.4. The van der Waals surface area contributed by atoms with Crippen LogP contribution in [-0.2, 0) is 11.3 Å². The summed E-state index contributed by atoms with van der Waals surface area (Å²) in [5.41, 5.74) is 0.382. The van der Waals surface area contributed by atoms with E-state index >= 15 is 0 Å². The van der Waals surface area contributed by atoms with Crippen LogP contribution in [0, 0.1) is 5.41 Å². The van der Waals surface area contributed by atoms with Crippen LogP contribution in [0.1, 0.15) is 26.3 Å². The van der Waals surface area contributed by atoms with Crippen LogP contribution in [0.5, 0.6) is 0 Å². The second-order valence-corrected chi connectivity index (χ2v) is 6.60. The van der Waals surface area contributed by atoms with Gasteiger partial charge in [0.25, 0.3) is 0 Å². The van der Waals surface area contributed by atoms with Crippen LogP contribution >= 0.6 is 47.2 Å². The van der Waals surface area contributed by atoms with Gasteiger partial charge in [0.2, 0.25) is 5.91 Å².